The first-order valence-corrected chi connectivity index (χ1v) is 3.13. The zero-order valence-corrected chi connectivity index (χ0v) is 5.47. The van der Waals surface area contributed by atoms with Gasteiger partial charge in [-0.1, -0.05) is 0 Å². The highest BCUT2D eigenvalue weighted by atomic mass is 16.1. The van der Waals surface area contributed by atoms with Crippen LogP contribution in [-0.2, 0) is 4.79 Å². The molecule has 0 fully saturated rings. The van der Waals surface area contributed by atoms with Crippen molar-refractivity contribution in [3.05, 3.63) is 0 Å². The molecule has 0 aromatic carbocycles. The molecule has 0 aliphatic carbocycles. The number of hydrogen-bond acceptors (Lipinski definition) is 3. The van der Waals surface area contributed by atoms with Crippen LogP contribution in [0.3, 0.4) is 0 Å². The minimum absolute atomic E-state index is 0.103. The number of carbonyl (C=O) groups excluding carboxylic acids is 1. The summed E-state index contributed by atoms with van der Waals surface area (Å²) in [6.45, 7) is 1.02. The summed E-state index contributed by atoms with van der Waals surface area (Å²) in [5, 5.41) is 0. The second-order valence-electron chi connectivity index (χ2n) is 1.98. The van der Waals surface area contributed by atoms with E-state index in [1.807, 2.05) is 6.29 Å². The fourth-order valence-electron chi connectivity index (χ4n) is 0.589. The van der Waals surface area contributed by atoms with Crippen LogP contribution in [0.25, 0.3) is 0 Å². The van der Waals surface area contributed by atoms with Crippen LogP contribution in [0.4, 0.5) is 0 Å². The van der Waals surface area contributed by atoms with Crippen LogP contribution < -0.4 is 11.5 Å². The van der Waals surface area contributed by atoms with Gasteiger partial charge in [0.05, 0.1) is 0 Å². The molecule has 0 spiro atoms. The molecule has 4 N–H and O–H groups in total. The highest BCUT2D eigenvalue weighted by molar-refractivity contribution is 5.54. The lowest BCUT2D eigenvalue weighted by atomic mass is 10.1. The topological polar surface area (TPSA) is 69.1 Å². The van der Waals surface area contributed by atoms with E-state index in [4.69, 9.17) is 11.5 Å². The smallest absolute Gasteiger partial charge is 0.203 e. The first-order chi connectivity index (χ1) is 4.35. The van der Waals surface area contributed by atoms with Crippen LogP contribution in [0.1, 0.15) is 12.8 Å². The molecule has 0 aromatic rings. The molecule has 1 atom stereocenters. The van der Waals surface area contributed by atoms with Crippen molar-refractivity contribution in [2.45, 2.75) is 12.8 Å². The zero-order valence-electron chi connectivity index (χ0n) is 5.47. The molecule has 53 valence electrons. The lowest BCUT2D eigenvalue weighted by Crippen LogP contribution is -2.16. The Labute approximate surface area is 55.4 Å². The molecule has 0 saturated heterocycles. The third-order valence-corrected chi connectivity index (χ3v) is 1.21. The Bertz CT molecular complexity index is 75.5. The highest BCUT2D eigenvalue weighted by Gasteiger charge is 2.03. The van der Waals surface area contributed by atoms with Crippen LogP contribution >= 0.6 is 0 Å². The molecule has 0 rings (SSSR count). The van der Waals surface area contributed by atoms with Gasteiger partial charge in [0.15, 0.2) is 0 Å². The molecule has 1 radical (unpaired) electrons. The molecule has 3 heteroatoms. The van der Waals surface area contributed by atoms with Crippen molar-refractivity contribution in [3.63, 3.8) is 0 Å². The zero-order chi connectivity index (χ0) is 7.11. The molecule has 9 heavy (non-hydrogen) atoms. The van der Waals surface area contributed by atoms with E-state index in [0.29, 0.717) is 13.1 Å². The molecule has 1 unspecified atom stereocenters. The average Bonchev–Trinajstić information content (AvgIpc) is 1.91. The molecular weight excluding hydrogens is 116 g/mol. The van der Waals surface area contributed by atoms with E-state index in [1.165, 1.54) is 0 Å². The van der Waals surface area contributed by atoms with E-state index in [0.717, 1.165) is 12.8 Å². The van der Waals surface area contributed by atoms with E-state index < -0.39 is 0 Å². The molecule has 0 aliphatic heterocycles. The Balaban J connectivity index is 3.20. The van der Waals surface area contributed by atoms with Crippen molar-refractivity contribution >= 4 is 6.29 Å². The van der Waals surface area contributed by atoms with Gasteiger partial charge < -0.3 is 11.5 Å². The van der Waals surface area contributed by atoms with Gasteiger partial charge in [0, 0.05) is 12.5 Å². The Morgan fingerprint density at radius 3 is 2.44 bits per heavy atom. The maximum Gasteiger partial charge on any atom is 0.203 e. The summed E-state index contributed by atoms with van der Waals surface area (Å²) in [5.74, 6) is -0.103. The standard InChI is InChI=1S/C6H13N2O/c7-3-1-2-6(4-8)5-9/h6H,1-4,7-8H2. The third-order valence-electron chi connectivity index (χ3n) is 1.21. The minimum atomic E-state index is -0.103. The molecule has 3 nitrogen and oxygen atoms in total. The summed E-state index contributed by atoms with van der Waals surface area (Å²) in [4.78, 5) is 10.00. The maximum absolute atomic E-state index is 10.00. The van der Waals surface area contributed by atoms with E-state index >= 15 is 0 Å². The van der Waals surface area contributed by atoms with Gasteiger partial charge in [-0.3, -0.25) is 4.79 Å². The summed E-state index contributed by atoms with van der Waals surface area (Å²) in [7, 11) is 0. The Morgan fingerprint density at radius 2 is 2.11 bits per heavy atom. The van der Waals surface area contributed by atoms with Crippen LogP contribution in [0, 0.1) is 5.92 Å². The average molecular weight is 129 g/mol. The Hall–Kier alpha value is -0.410. The monoisotopic (exact) mass is 129 g/mol. The quantitative estimate of drug-likeness (QED) is 0.521. The fourth-order valence-corrected chi connectivity index (χ4v) is 0.589. The van der Waals surface area contributed by atoms with Crippen molar-refractivity contribution in [2.75, 3.05) is 13.1 Å². The molecule has 0 bridgehead atoms. The van der Waals surface area contributed by atoms with Crippen molar-refractivity contribution in [1.82, 2.24) is 0 Å². The first-order valence-electron chi connectivity index (χ1n) is 3.13. The Kier molecular flexibility index (Phi) is 5.46. The van der Waals surface area contributed by atoms with Crippen LogP contribution in [0.2, 0.25) is 0 Å². The lowest BCUT2D eigenvalue weighted by molar-refractivity contribution is 0.503. The fraction of sp³-hybridized carbons (Fsp3) is 0.833. The maximum atomic E-state index is 10.00. The van der Waals surface area contributed by atoms with Gasteiger partial charge in [-0.25, -0.2) is 0 Å². The van der Waals surface area contributed by atoms with Crippen LogP contribution in [-0.4, -0.2) is 19.4 Å². The van der Waals surface area contributed by atoms with Gasteiger partial charge in [-0.2, -0.15) is 0 Å². The van der Waals surface area contributed by atoms with E-state index in [2.05, 4.69) is 0 Å². The van der Waals surface area contributed by atoms with Crippen molar-refractivity contribution in [3.8, 4) is 0 Å². The van der Waals surface area contributed by atoms with E-state index in [9.17, 15) is 4.79 Å². The number of rotatable bonds is 5. The van der Waals surface area contributed by atoms with Gasteiger partial charge in [-0.15, -0.1) is 0 Å². The van der Waals surface area contributed by atoms with E-state index in [-0.39, 0.29) is 5.92 Å². The van der Waals surface area contributed by atoms with Crippen molar-refractivity contribution in [2.24, 2.45) is 17.4 Å². The molecule has 0 heterocycles. The van der Waals surface area contributed by atoms with Crippen LogP contribution in [0.15, 0.2) is 0 Å². The normalized spacial score (nSPS) is 13.1. The summed E-state index contributed by atoms with van der Waals surface area (Å²) in [6, 6.07) is 0. The first kappa shape index (κ1) is 8.59. The van der Waals surface area contributed by atoms with Gasteiger partial charge in [-0.05, 0) is 19.4 Å². The molecule has 0 saturated carbocycles. The summed E-state index contributed by atoms with van der Waals surface area (Å²) in [6.07, 6.45) is 3.49. The van der Waals surface area contributed by atoms with Gasteiger partial charge in [0.2, 0.25) is 6.29 Å². The highest BCUT2D eigenvalue weighted by Crippen LogP contribution is 1.98. The van der Waals surface area contributed by atoms with Gasteiger partial charge in [0.1, 0.15) is 0 Å². The molecule has 0 amide bonds. The SMILES string of the molecule is NCCCC([C]=O)CN. The van der Waals surface area contributed by atoms with Crippen molar-refractivity contribution < 1.29 is 4.79 Å². The predicted molar refractivity (Wildman–Crippen MR) is 36.5 cm³/mol. The van der Waals surface area contributed by atoms with Crippen molar-refractivity contribution in [1.29, 1.82) is 0 Å². The largest absolute Gasteiger partial charge is 0.330 e. The number of nitrogens with two attached hydrogens (primary N) is 2. The summed E-state index contributed by atoms with van der Waals surface area (Å²) >= 11 is 0. The second-order valence-corrected chi connectivity index (χ2v) is 1.98. The molecule has 0 aromatic heterocycles. The van der Waals surface area contributed by atoms with Gasteiger partial charge >= 0.3 is 0 Å². The van der Waals surface area contributed by atoms with Crippen LogP contribution in [0.5, 0.6) is 0 Å². The summed E-state index contributed by atoms with van der Waals surface area (Å²) in [5.41, 5.74) is 10.4. The number of hydrogen-bond donors (Lipinski definition) is 2. The van der Waals surface area contributed by atoms with E-state index in [1.54, 1.807) is 0 Å². The predicted octanol–water partition coefficient (Wildman–Crippen LogP) is -0.590. The third kappa shape index (κ3) is 4.12. The molecule has 0 aliphatic rings. The van der Waals surface area contributed by atoms with Gasteiger partial charge in [0.25, 0.3) is 0 Å². The Morgan fingerprint density at radius 1 is 1.44 bits per heavy atom. The molecular formula is C6H13N2O. The summed E-state index contributed by atoms with van der Waals surface area (Å²) < 4.78 is 0. The second kappa shape index (κ2) is 5.72. The minimum Gasteiger partial charge on any atom is -0.330 e. The lowest BCUT2D eigenvalue weighted by Gasteiger charge is -2.02.